The second-order valence-corrected chi connectivity index (χ2v) is 10.6. The number of sulfonamides is 1. The van der Waals surface area contributed by atoms with Crippen molar-refractivity contribution in [3.63, 3.8) is 0 Å². The average Bonchev–Trinajstić information content (AvgIpc) is 3.19. The van der Waals surface area contributed by atoms with Gasteiger partial charge in [0.05, 0.1) is 6.54 Å². The molecule has 3 N–H and O–H groups in total. The number of likely N-dealkylation sites (tertiary alicyclic amines) is 1. The summed E-state index contributed by atoms with van der Waals surface area (Å²) >= 11 is 1.28. The zero-order valence-electron chi connectivity index (χ0n) is 16.9. The summed E-state index contributed by atoms with van der Waals surface area (Å²) in [4.78, 5) is 7.98. The van der Waals surface area contributed by atoms with Crippen LogP contribution in [0.5, 0.6) is 0 Å². The van der Waals surface area contributed by atoms with Crippen LogP contribution in [0.3, 0.4) is 0 Å². The highest BCUT2D eigenvalue weighted by Gasteiger charge is 2.31. The molecule has 0 bridgehead atoms. The molecule has 1 aliphatic heterocycles. The SMILES string of the molecule is CCNC(=NCCNS(=O)(=O)c1ccc(C)s1)NC1CN(C(C)C)CC1C. The fourth-order valence-corrected chi connectivity index (χ4v) is 5.43. The molecule has 7 nitrogen and oxygen atoms in total. The Bertz CT molecular complexity index is 730. The Balaban J connectivity index is 1.88. The number of aliphatic imine (C=N–C) groups is 1. The summed E-state index contributed by atoms with van der Waals surface area (Å²) in [6.07, 6.45) is 0. The van der Waals surface area contributed by atoms with Gasteiger partial charge in [-0.3, -0.25) is 9.89 Å². The maximum absolute atomic E-state index is 12.3. The summed E-state index contributed by atoms with van der Waals surface area (Å²) in [6.45, 7) is 14.1. The molecule has 0 aliphatic carbocycles. The molecule has 1 aromatic heterocycles. The van der Waals surface area contributed by atoms with Crippen molar-refractivity contribution in [3.05, 3.63) is 17.0 Å². The number of guanidine groups is 1. The molecule has 2 atom stereocenters. The van der Waals surface area contributed by atoms with Crippen LogP contribution in [-0.4, -0.2) is 64.1 Å². The Labute approximate surface area is 167 Å². The van der Waals surface area contributed by atoms with Crippen LogP contribution in [0.1, 0.15) is 32.6 Å². The van der Waals surface area contributed by atoms with Crippen molar-refractivity contribution in [2.45, 2.75) is 50.9 Å². The van der Waals surface area contributed by atoms with E-state index in [4.69, 9.17) is 0 Å². The molecule has 2 rings (SSSR count). The Morgan fingerprint density at radius 2 is 2.11 bits per heavy atom. The van der Waals surface area contributed by atoms with Crippen LogP contribution in [0.25, 0.3) is 0 Å². The molecule has 1 aliphatic rings. The maximum atomic E-state index is 12.3. The molecule has 154 valence electrons. The first kappa shape index (κ1) is 22.1. The van der Waals surface area contributed by atoms with Gasteiger partial charge in [-0.15, -0.1) is 11.3 Å². The Hall–Kier alpha value is -1.16. The molecule has 0 amide bonds. The molecule has 0 radical (unpaired) electrons. The first-order valence-electron chi connectivity index (χ1n) is 9.58. The van der Waals surface area contributed by atoms with Gasteiger partial charge in [-0.25, -0.2) is 13.1 Å². The van der Waals surface area contributed by atoms with E-state index in [1.165, 1.54) is 11.3 Å². The van der Waals surface area contributed by atoms with Crippen molar-refractivity contribution in [1.82, 2.24) is 20.3 Å². The van der Waals surface area contributed by atoms with E-state index in [0.717, 1.165) is 30.5 Å². The van der Waals surface area contributed by atoms with Crippen molar-refractivity contribution in [1.29, 1.82) is 0 Å². The molecule has 1 aromatic rings. The van der Waals surface area contributed by atoms with Gasteiger partial charge in [-0.2, -0.15) is 0 Å². The van der Waals surface area contributed by atoms with E-state index >= 15 is 0 Å². The van der Waals surface area contributed by atoms with Gasteiger partial charge < -0.3 is 10.6 Å². The van der Waals surface area contributed by atoms with Crippen molar-refractivity contribution in [2.24, 2.45) is 10.9 Å². The topological polar surface area (TPSA) is 85.8 Å². The largest absolute Gasteiger partial charge is 0.357 e. The molecule has 1 saturated heterocycles. The van der Waals surface area contributed by atoms with Crippen molar-refractivity contribution in [2.75, 3.05) is 32.7 Å². The highest BCUT2D eigenvalue weighted by Crippen LogP contribution is 2.20. The number of hydrogen-bond acceptors (Lipinski definition) is 5. The number of aryl methyl sites for hydroxylation is 1. The maximum Gasteiger partial charge on any atom is 0.250 e. The second kappa shape index (κ2) is 9.86. The van der Waals surface area contributed by atoms with Crippen LogP contribution in [0, 0.1) is 12.8 Å². The van der Waals surface area contributed by atoms with Crippen molar-refractivity contribution in [3.8, 4) is 0 Å². The van der Waals surface area contributed by atoms with Gasteiger partial charge in [-0.1, -0.05) is 6.92 Å². The lowest BCUT2D eigenvalue weighted by Crippen LogP contribution is -2.47. The molecule has 0 aromatic carbocycles. The van der Waals surface area contributed by atoms with Gasteiger partial charge in [0.1, 0.15) is 4.21 Å². The molecule has 0 saturated carbocycles. The molecule has 1 fully saturated rings. The molecular formula is C18H33N5O2S2. The fourth-order valence-electron chi connectivity index (χ4n) is 3.08. The number of nitrogens with one attached hydrogen (secondary N) is 3. The van der Waals surface area contributed by atoms with E-state index in [2.05, 4.69) is 46.0 Å². The summed E-state index contributed by atoms with van der Waals surface area (Å²) < 4.78 is 27.5. The normalized spacial score (nSPS) is 21.8. The lowest BCUT2D eigenvalue weighted by Gasteiger charge is -2.22. The van der Waals surface area contributed by atoms with E-state index in [-0.39, 0.29) is 6.54 Å². The summed E-state index contributed by atoms with van der Waals surface area (Å²) in [5, 5.41) is 6.76. The molecular weight excluding hydrogens is 382 g/mol. The lowest BCUT2D eigenvalue weighted by molar-refractivity contribution is 0.265. The number of nitrogens with zero attached hydrogens (tertiary/aromatic N) is 2. The summed E-state index contributed by atoms with van der Waals surface area (Å²) in [5.41, 5.74) is 0. The van der Waals surface area contributed by atoms with Gasteiger partial charge >= 0.3 is 0 Å². The van der Waals surface area contributed by atoms with E-state index in [9.17, 15) is 8.42 Å². The van der Waals surface area contributed by atoms with Crippen LogP contribution >= 0.6 is 11.3 Å². The number of thiophene rings is 1. The minimum absolute atomic E-state index is 0.272. The Morgan fingerprint density at radius 3 is 2.67 bits per heavy atom. The Morgan fingerprint density at radius 1 is 1.37 bits per heavy atom. The first-order valence-corrected chi connectivity index (χ1v) is 11.9. The van der Waals surface area contributed by atoms with E-state index in [1.807, 2.05) is 19.9 Å². The third-order valence-corrected chi connectivity index (χ3v) is 7.65. The monoisotopic (exact) mass is 415 g/mol. The van der Waals surface area contributed by atoms with Crippen LogP contribution in [0.4, 0.5) is 0 Å². The van der Waals surface area contributed by atoms with Crippen molar-refractivity contribution >= 4 is 27.3 Å². The minimum Gasteiger partial charge on any atom is -0.357 e. The third-order valence-electron chi connectivity index (χ3n) is 4.69. The van der Waals surface area contributed by atoms with Crippen molar-refractivity contribution < 1.29 is 8.42 Å². The molecule has 0 spiro atoms. The van der Waals surface area contributed by atoms with E-state index in [0.29, 0.717) is 28.8 Å². The summed E-state index contributed by atoms with van der Waals surface area (Å²) in [6, 6.07) is 4.33. The van der Waals surface area contributed by atoms with Gasteiger partial charge in [0.2, 0.25) is 10.0 Å². The average molecular weight is 416 g/mol. The quantitative estimate of drug-likeness (QED) is 0.341. The molecule has 9 heteroatoms. The Kier molecular flexibility index (Phi) is 8.08. The van der Waals surface area contributed by atoms with E-state index < -0.39 is 10.0 Å². The molecule has 27 heavy (non-hydrogen) atoms. The second-order valence-electron chi connectivity index (χ2n) is 7.30. The molecule has 2 unspecified atom stereocenters. The fraction of sp³-hybridized carbons (Fsp3) is 0.722. The standard InChI is InChI=1S/C18H33N5O2S2/c1-6-19-18(22-16-12-23(13(2)3)11-14(16)4)20-9-10-21-27(24,25)17-8-7-15(5)26-17/h7-8,13-14,16,21H,6,9-12H2,1-5H3,(H2,19,20,22). The number of hydrogen-bond donors (Lipinski definition) is 3. The van der Waals surface area contributed by atoms with Gasteiger partial charge in [-0.05, 0) is 45.7 Å². The summed E-state index contributed by atoms with van der Waals surface area (Å²) in [5.74, 6) is 1.28. The predicted molar refractivity (Wildman–Crippen MR) is 113 cm³/mol. The van der Waals surface area contributed by atoms with Gasteiger partial charge in [0.15, 0.2) is 5.96 Å². The zero-order valence-corrected chi connectivity index (χ0v) is 18.6. The highest BCUT2D eigenvalue weighted by atomic mass is 32.2. The highest BCUT2D eigenvalue weighted by molar-refractivity contribution is 7.91. The first-order chi connectivity index (χ1) is 12.7. The van der Waals surface area contributed by atoms with Crippen LogP contribution in [-0.2, 0) is 10.0 Å². The smallest absolute Gasteiger partial charge is 0.250 e. The molecule has 2 heterocycles. The van der Waals surface area contributed by atoms with Gasteiger partial charge in [0, 0.05) is 43.1 Å². The van der Waals surface area contributed by atoms with E-state index in [1.54, 1.807) is 6.07 Å². The van der Waals surface area contributed by atoms with Crippen LogP contribution in [0.15, 0.2) is 21.3 Å². The summed E-state index contributed by atoms with van der Waals surface area (Å²) in [7, 11) is -3.45. The lowest BCUT2D eigenvalue weighted by atomic mass is 10.1. The van der Waals surface area contributed by atoms with Gasteiger partial charge in [0.25, 0.3) is 0 Å². The minimum atomic E-state index is -3.45. The number of rotatable bonds is 8. The predicted octanol–water partition coefficient (Wildman–Crippen LogP) is 1.62. The van der Waals surface area contributed by atoms with Crippen LogP contribution in [0.2, 0.25) is 0 Å². The van der Waals surface area contributed by atoms with Crippen LogP contribution < -0.4 is 15.4 Å². The zero-order chi connectivity index (χ0) is 20.0. The third kappa shape index (κ3) is 6.44.